The van der Waals surface area contributed by atoms with Crippen LogP contribution in [0, 0.1) is 0 Å². The number of fused-ring (bicyclic) bond motifs is 3. The molecule has 0 aromatic heterocycles. The summed E-state index contributed by atoms with van der Waals surface area (Å²) in [5.41, 5.74) is 29.9. The first-order valence-electron chi connectivity index (χ1n) is 37.1. The maximum Gasteiger partial charge on any atom is 0.149 e. The molecule has 0 spiro atoms. The Morgan fingerprint density at radius 3 is 0.539 bits per heavy atom. The number of rotatable bonds is 6. The van der Waals surface area contributed by atoms with E-state index in [9.17, 15) is 0 Å². The lowest BCUT2D eigenvalue weighted by molar-refractivity contribution is 0.590. The van der Waals surface area contributed by atoms with Gasteiger partial charge in [0.05, 0.1) is 11.4 Å². The summed E-state index contributed by atoms with van der Waals surface area (Å²) in [5.74, 6) is 0. The lowest BCUT2D eigenvalue weighted by atomic mass is 9.87. The van der Waals surface area contributed by atoms with Gasteiger partial charge >= 0.3 is 0 Å². The second-order valence-electron chi connectivity index (χ2n) is 35.9. The van der Waals surface area contributed by atoms with Crippen LogP contribution in [0.25, 0.3) is 10.8 Å². The molecule has 12 aromatic carbocycles. The van der Waals surface area contributed by atoms with Gasteiger partial charge in [-0.1, -0.05) is 222 Å². The van der Waals surface area contributed by atoms with E-state index in [4.69, 9.17) is 0 Å². The van der Waals surface area contributed by atoms with Gasteiger partial charge in [0.15, 0.2) is 0 Å². The van der Waals surface area contributed by atoms with Crippen LogP contribution >= 0.6 is 0 Å². The number of hydrogen-bond donors (Lipinski definition) is 0. The van der Waals surface area contributed by atoms with Crippen molar-refractivity contribution >= 4 is 162 Å². The highest BCUT2D eigenvalue weighted by atomic mass is 28.3. The molecule has 508 valence electrons. The second kappa shape index (κ2) is 21.8. The van der Waals surface area contributed by atoms with Crippen LogP contribution in [0.15, 0.2) is 231 Å². The zero-order chi connectivity index (χ0) is 71.0. The van der Waals surface area contributed by atoms with Crippen molar-refractivity contribution in [1.29, 1.82) is 0 Å². The van der Waals surface area contributed by atoms with E-state index in [-0.39, 0.29) is 32.5 Å². The van der Waals surface area contributed by atoms with Gasteiger partial charge in [-0.05, 0) is 230 Å². The largest absolute Gasteiger partial charge is 0.311 e. The van der Waals surface area contributed by atoms with E-state index in [2.05, 4.69) is 385 Å². The third-order valence-corrected chi connectivity index (χ3v) is 30.2. The molecule has 0 fully saturated rings. The fraction of sp³-hybridized carbons (Fsp3) is 0.255. The molecule has 102 heavy (non-hydrogen) atoms. The molecule has 2 unspecified atom stereocenters. The molecule has 0 radical (unpaired) electrons. The van der Waals surface area contributed by atoms with Crippen molar-refractivity contribution in [2.24, 2.45) is 0 Å². The zero-order valence-electron chi connectivity index (χ0n) is 62.8. The first-order valence-corrected chi connectivity index (χ1v) is 40.5. The fourth-order valence-corrected chi connectivity index (χ4v) is 25.8. The minimum absolute atomic E-state index is 0.00259. The molecular weight excluding hydrogens is 1270 g/mol. The molecule has 6 aliphatic rings. The van der Waals surface area contributed by atoms with Crippen LogP contribution in [0.5, 0.6) is 0 Å². The summed E-state index contributed by atoms with van der Waals surface area (Å²) < 4.78 is 0. The Labute approximate surface area is 608 Å². The summed E-state index contributed by atoms with van der Waals surface area (Å²) in [4.78, 5) is 16.1. The molecule has 6 nitrogen and oxygen atoms in total. The Hall–Kier alpha value is -9.87. The monoisotopic (exact) mass is 1360 g/mol. The van der Waals surface area contributed by atoms with Gasteiger partial charge in [-0.25, -0.2) is 0 Å². The average molecular weight is 1360 g/mol. The normalized spacial score (nSPS) is 16.2. The van der Waals surface area contributed by atoms with Crippen molar-refractivity contribution in [2.75, 3.05) is 29.4 Å². The van der Waals surface area contributed by atoms with Gasteiger partial charge in [0, 0.05) is 102 Å². The standard InChI is InChI=1S/C94H94N6Si2/c1-89(2,3)57-31-43-63(44-32-57)95-71-23-19-27-75-83(71)101-85-73(95)25-21-29-77(85)99(67-51-39-61(40-52-67)93(13,14)15)81-69-56-80-88-82(70(69)55-79(87(81)101)97(75)65-47-35-59(36-48-65)91(7,8)9)100(68-53-41-62(42-54-68)94(16,17)18)78-30-22-26-74-86(78)102(88)84-72(96(74)64-45-33-58(34-46-64)90(4,5)6)24-20-28-76(84)98(80)66-49-37-60(38-50-66)92(10,11)12/h19-56,101-102H,1-18H3. The van der Waals surface area contributed by atoms with Crippen molar-refractivity contribution in [3.05, 3.63) is 264 Å². The van der Waals surface area contributed by atoms with Crippen molar-refractivity contribution in [1.82, 2.24) is 0 Å². The first-order chi connectivity index (χ1) is 48.4. The van der Waals surface area contributed by atoms with Crippen LogP contribution in [-0.4, -0.2) is 17.6 Å². The average Bonchev–Trinajstić information content (AvgIpc) is 0.660. The van der Waals surface area contributed by atoms with Gasteiger partial charge < -0.3 is 29.4 Å². The van der Waals surface area contributed by atoms with E-state index in [0.29, 0.717) is 0 Å². The Balaban J connectivity index is 1.02. The van der Waals surface area contributed by atoms with Crippen molar-refractivity contribution in [2.45, 2.75) is 157 Å². The second-order valence-corrected chi connectivity index (χ2v) is 41.1. The highest BCUT2D eigenvalue weighted by Crippen LogP contribution is 2.58. The van der Waals surface area contributed by atoms with Gasteiger partial charge in [0.1, 0.15) is 17.6 Å². The maximum absolute atomic E-state index is 2.74. The molecule has 18 rings (SSSR count). The molecule has 0 N–H and O–H groups in total. The van der Waals surface area contributed by atoms with E-state index in [1.54, 1.807) is 0 Å². The SMILES string of the molecule is CC(C)(C)c1ccc(N2c3cccc4c3[SiH]3c5c2cccc5N(c2ccc(C(C)(C)C)cc2)c2c3c(cc3c5c6c(cc23)N(c2ccc(C(C)(C)C)cc2)c2cccc3c2[SiH]6c2c(cccc2N5c2ccc(C(C)(C)C)cc2)N3c2ccc(C(C)(C)C)cc2)N4c2ccc(C(C)(C)C)cc2)cc1. The predicted molar refractivity (Wildman–Crippen MR) is 443 cm³/mol. The zero-order valence-corrected chi connectivity index (χ0v) is 65.1. The molecular formula is C94H94N6Si2. The van der Waals surface area contributed by atoms with Crippen LogP contribution in [-0.2, 0) is 32.5 Å². The Kier molecular flexibility index (Phi) is 13.8. The smallest absolute Gasteiger partial charge is 0.149 e. The molecule has 0 saturated heterocycles. The number of benzene rings is 12. The van der Waals surface area contributed by atoms with Crippen LogP contribution in [0.1, 0.15) is 158 Å². The topological polar surface area (TPSA) is 19.4 Å². The van der Waals surface area contributed by atoms with Crippen LogP contribution in [0.4, 0.5) is 102 Å². The molecule has 8 heteroatoms. The van der Waals surface area contributed by atoms with Gasteiger partial charge in [-0.3, -0.25) is 0 Å². The summed E-state index contributed by atoms with van der Waals surface area (Å²) in [6, 6.07) is 92.0. The maximum atomic E-state index is 2.74. The summed E-state index contributed by atoms with van der Waals surface area (Å²) in [6.45, 7) is 42.0. The van der Waals surface area contributed by atoms with Crippen molar-refractivity contribution in [3.8, 4) is 0 Å². The van der Waals surface area contributed by atoms with Crippen LogP contribution < -0.4 is 60.5 Å². The highest BCUT2D eigenvalue weighted by Gasteiger charge is 2.53. The molecule has 0 aliphatic carbocycles. The summed E-state index contributed by atoms with van der Waals surface area (Å²) in [6.07, 6.45) is 0. The molecule has 12 aromatic rings. The molecule has 0 bridgehead atoms. The highest BCUT2D eigenvalue weighted by molar-refractivity contribution is 7.04. The molecule has 6 aliphatic heterocycles. The van der Waals surface area contributed by atoms with E-state index < -0.39 is 17.6 Å². The third kappa shape index (κ3) is 9.53. The summed E-state index contributed by atoms with van der Waals surface area (Å²) in [5, 5.41) is 11.3. The first kappa shape index (κ1) is 64.2. The summed E-state index contributed by atoms with van der Waals surface area (Å²) in [7, 11) is -4.97. The van der Waals surface area contributed by atoms with E-state index in [0.717, 1.165) is 22.7 Å². The minimum atomic E-state index is -2.48. The van der Waals surface area contributed by atoms with E-state index >= 15 is 0 Å². The Bertz CT molecular complexity index is 5080. The van der Waals surface area contributed by atoms with Crippen LogP contribution in [0.2, 0.25) is 0 Å². The number of hydrogen-bond acceptors (Lipinski definition) is 6. The molecule has 6 heterocycles. The lowest BCUT2D eigenvalue weighted by Gasteiger charge is -2.52. The quantitative estimate of drug-likeness (QED) is 0.153. The third-order valence-electron chi connectivity index (χ3n) is 23.2. The van der Waals surface area contributed by atoms with Gasteiger partial charge in [0.25, 0.3) is 0 Å². The van der Waals surface area contributed by atoms with E-state index in [1.807, 2.05) is 0 Å². The van der Waals surface area contributed by atoms with Gasteiger partial charge in [0.2, 0.25) is 0 Å². The molecule has 0 saturated carbocycles. The van der Waals surface area contributed by atoms with Crippen molar-refractivity contribution in [3.63, 3.8) is 0 Å². The number of nitrogens with zero attached hydrogens (tertiary/aromatic N) is 6. The fourth-order valence-electron chi connectivity index (χ4n) is 17.8. The van der Waals surface area contributed by atoms with E-state index in [1.165, 1.54) is 155 Å². The van der Waals surface area contributed by atoms with Gasteiger partial charge in [-0.2, -0.15) is 0 Å². The summed E-state index contributed by atoms with van der Waals surface area (Å²) >= 11 is 0. The molecule has 0 amide bonds. The molecule has 2 atom stereocenters. The van der Waals surface area contributed by atoms with Gasteiger partial charge in [-0.15, -0.1) is 0 Å². The Morgan fingerprint density at radius 1 is 0.186 bits per heavy atom. The lowest BCUT2D eigenvalue weighted by Crippen LogP contribution is -2.65. The number of anilines is 18. The Morgan fingerprint density at radius 2 is 0.353 bits per heavy atom. The van der Waals surface area contributed by atoms with Crippen molar-refractivity contribution < 1.29 is 0 Å². The predicted octanol–water partition coefficient (Wildman–Crippen LogP) is 21.8. The van der Waals surface area contributed by atoms with Crippen LogP contribution in [0.3, 0.4) is 0 Å². The minimum Gasteiger partial charge on any atom is -0.311 e.